The van der Waals surface area contributed by atoms with Crippen LogP contribution in [0.1, 0.15) is 21.6 Å². The van der Waals surface area contributed by atoms with E-state index in [1.54, 1.807) is 18.2 Å². The van der Waals surface area contributed by atoms with Gasteiger partial charge in [0.05, 0.1) is 35.1 Å². The molecular weight excluding hydrogens is 552 g/mol. The third-order valence-electron chi connectivity index (χ3n) is 6.04. The lowest BCUT2D eigenvalue weighted by Crippen LogP contribution is -2.44. The molecule has 1 fully saturated rings. The molecule has 13 heteroatoms. The smallest absolute Gasteiger partial charge is 0.416 e. The Labute approximate surface area is 222 Å². The van der Waals surface area contributed by atoms with E-state index in [-0.39, 0.29) is 34.7 Å². The van der Waals surface area contributed by atoms with Crippen LogP contribution in [0.2, 0.25) is 5.02 Å². The van der Waals surface area contributed by atoms with Crippen molar-refractivity contribution in [2.24, 2.45) is 10.2 Å². The number of thiazole rings is 1. The zero-order valence-electron chi connectivity index (χ0n) is 19.0. The summed E-state index contributed by atoms with van der Waals surface area (Å²) in [6.07, 6.45) is -5.21. The summed E-state index contributed by atoms with van der Waals surface area (Å²) >= 11 is 13.2. The molecule has 2 N–H and O–H groups in total. The van der Waals surface area contributed by atoms with E-state index in [1.807, 2.05) is 4.90 Å². The van der Waals surface area contributed by atoms with E-state index in [4.69, 9.17) is 27.9 Å². The lowest BCUT2D eigenvalue weighted by Gasteiger charge is -2.31. The van der Waals surface area contributed by atoms with Crippen molar-refractivity contribution in [3.8, 4) is 5.88 Å². The van der Waals surface area contributed by atoms with Crippen LogP contribution in [0.5, 0.6) is 5.88 Å². The zero-order chi connectivity index (χ0) is 26.3. The number of anilines is 1. The fourth-order valence-electron chi connectivity index (χ4n) is 4.23. The Kier molecular flexibility index (Phi) is 7.16. The van der Waals surface area contributed by atoms with Crippen molar-refractivity contribution >= 4 is 50.4 Å². The number of halogens is 5. The molecule has 1 atom stereocenters. The SMILES string of the molecule is OC[C@@H]1CN(c2nc(O)c(/C(Cc3ccc(Cl)cc3C(F)(F)F)=c3/ccc4c(c3)C(Cl)=NN=4)s2)CCO1. The zero-order valence-corrected chi connectivity index (χ0v) is 21.3. The van der Waals surface area contributed by atoms with E-state index < -0.39 is 17.8 Å². The maximum Gasteiger partial charge on any atom is 0.416 e. The predicted molar refractivity (Wildman–Crippen MR) is 135 cm³/mol. The second kappa shape index (κ2) is 10.2. The normalized spacial score (nSPS) is 18.4. The van der Waals surface area contributed by atoms with Gasteiger partial charge < -0.3 is 19.8 Å². The minimum Gasteiger partial charge on any atom is -0.492 e. The molecule has 0 spiro atoms. The van der Waals surface area contributed by atoms with Gasteiger partial charge >= 0.3 is 6.18 Å². The third-order valence-corrected chi connectivity index (χ3v) is 7.72. The number of hydrogen-bond acceptors (Lipinski definition) is 8. The van der Waals surface area contributed by atoms with E-state index in [0.717, 1.165) is 17.4 Å². The molecule has 0 amide bonds. The minimum atomic E-state index is -4.63. The molecule has 1 aromatic heterocycles. The quantitative estimate of drug-likeness (QED) is 0.488. The molecule has 0 unspecified atom stereocenters. The molecule has 3 heterocycles. The molecule has 0 radical (unpaired) electrons. The van der Waals surface area contributed by atoms with Gasteiger partial charge in [-0.1, -0.05) is 46.7 Å². The van der Waals surface area contributed by atoms with Crippen LogP contribution in [-0.4, -0.2) is 52.8 Å². The number of aromatic hydroxyl groups is 1. The number of ether oxygens (including phenoxy) is 1. The summed E-state index contributed by atoms with van der Waals surface area (Å²) < 4.78 is 47.2. The monoisotopic (exact) mass is 570 g/mol. The van der Waals surface area contributed by atoms with E-state index in [2.05, 4.69) is 15.2 Å². The summed E-state index contributed by atoms with van der Waals surface area (Å²) in [6, 6.07) is 8.67. The molecule has 0 aliphatic carbocycles. The highest BCUT2D eigenvalue weighted by Crippen LogP contribution is 2.40. The van der Waals surface area contributed by atoms with Gasteiger partial charge in [-0.25, -0.2) is 0 Å². The van der Waals surface area contributed by atoms with E-state index in [9.17, 15) is 23.4 Å². The Hall–Kier alpha value is -2.70. The van der Waals surface area contributed by atoms with Crippen molar-refractivity contribution in [3.05, 3.63) is 73.6 Å². The van der Waals surface area contributed by atoms with Crippen molar-refractivity contribution < 1.29 is 28.1 Å². The van der Waals surface area contributed by atoms with Gasteiger partial charge in [-0.3, -0.25) is 0 Å². The van der Waals surface area contributed by atoms with Gasteiger partial charge in [0, 0.05) is 30.1 Å². The molecule has 7 nitrogen and oxygen atoms in total. The molecule has 3 aromatic rings. The number of morpholine rings is 1. The molecule has 5 rings (SSSR count). The lowest BCUT2D eigenvalue weighted by atomic mass is 9.96. The Bertz CT molecular complexity index is 1510. The highest BCUT2D eigenvalue weighted by Gasteiger charge is 2.34. The number of aromatic nitrogens is 1. The summed E-state index contributed by atoms with van der Waals surface area (Å²) in [4.78, 5) is 6.47. The highest BCUT2D eigenvalue weighted by molar-refractivity contribution is 7.17. The molecule has 37 heavy (non-hydrogen) atoms. The first-order valence-electron chi connectivity index (χ1n) is 11.1. The molecule has 1 saturated heterocycles. The lowest BCUT2D eigenvalue weighted by molar-refractivity contribution is -0.138. The third kappa shape index (κ3) is 5.32. The first-order chi connectivity index (χ1) is 17.6. The summed E-state index contributed by atoms with van der Waals surface area (Å²) in [6.45, 7) is 1.04. The van der Waals surface area contributed by atoms with Crippen molar-refractivity contribution in [2.45, 2.75) is 18.7 Å². The largest absolute Gasteiger partial charge is 0.492 e. The fourth-order valence-corrected chi connectivity index (χ4v) is 5.66. The minimum absolute atomic E-state index is 0.0158. The number of aliphatic hydroxyl groups is 1. The van der Waals surface area contributed by atoms with Crippen LogP contribution in [0.15, 0.2) is 46.6 Å². The second-order valence-corrected chi connectivity index (χ2v) is 10.2. The topological polar surface area (TPSA) is 90.5 Å². The Morgan fingerprint density at radius 2 is 1.97 bits per heavy atom. The Morgan fingerprint density at radius 3 is 2.73 bits per heavy atom. The van der Waals surface area contributed by atoms with Crippen LogP contribution in [0.3, 0.4) is 0 Å². The number of aliphatic hydroxyl groups excluding tert-OH is 1. The van der Waals surface area contributed by atoms with Crippen LogP contribution >= 0.6 is 34.5 Å². The number of hydrogen-bond donors (Lipinski definition) is 2. The standard InChI is InChI=1S/C24H19Cl2F3N4O3S/c25-14-3-1-13(18(9-14)24(27,28)29)8-16(12-2-4-19-17(7-12)21(26)32-31-19)20-22(35)30-23(37-20)33-5-6-36-15(10-33)11-34/h1-4,7,9,15,34-35H,5-6,8,10-11H2/b16-12-/t15-/m0/s1. The summed E-state index contributed by atoms with van der Waals surface area (Å²) in [5.74, 6) is -0.311. The number of rotatable bonds is 5. The van der Waals surface area contributed by atoms with Crippen LogP contribution < -0.4 is 15.5 Å². The van der Waals surface area contributed by atoms with E-state index in [0.29, 0.717) is 51.4 Å². The van der Waals surface area contributed by atoms with E-state index in [1.165, 1.54) is 12.1 Å². The van der Waals surface area contributed by atoms with Crippen LogP contribution in [0, 0.1) is 0 Å². The highest BCUT2D eigenvalue weighted by atomic mass is 35.5. The Balaban J connectivity index is 1.66. The average molecular weight is 571 g/mol. The van der Waals surface area contributed by atoms with Crippen molar-refractivity contribution in [1.82, 2.24) is 4.98 Å². The van der Waals surface area contributed by atoms with Gasteiger partial charge in [0.15, 0.2) is 10.3 Å². The summed E-state index contributed by atoms with van der Waals surface area (Å²) in [5.41, 5.74) is 0.0709. The van der Waals surface area contributed by atoms with Crippen molar-refractivity contribution in [2.75, 3.05) is 31.2 Å². The number of benzene rings is 2. The van der Waals surface area contributed by atoms with E-state index >= 15 is 0 Å². The molecule has 2 aliphatic rings. The first kappa shape index (κ1) is 25.9. The van der Waals surface area contributed by atoms with Crippen LogP contribution in [0.25, 0.3) is 5.57 Å². The van der Waals surface area contributed by atoms with Gasteiger partial charge in [0.1, 0.15) is 0 Å². The molecule has 194 valence electrons. The maximum absolute atomic E-state index is 13.9. The van der Waals surface area contributed by atoms with Gasteiger partial charge in [0.25, 0.3) is 0 Å². The Morgan fingerprint density at radius 1 is 1.16 bits per heavy atom. The van der Waals surface area contributed by atoms with Crippen LogP contribution in [-0.2, 0) is 17.3 Å². The van der Waals surface area contributed by atoms with Crippen LogP contribution in [0.4, 0.5) is 18.3 Å². The predicted octanol–water partition coefficient (Wildman–Crippen LogP) is 3.69. The van der Waals surface area contributed by atoms with Gasteiger partial charge in [-0.15, -0.1) is 10.2 Å². The summed E-state index contributed by atoms with van der Waals surface area (Å²) in [7, 11) is 0. The van der Waals surface area contributed by atoms with Crippen molar-refractivity contribution in [1.29, 1.82) is 0 Å². The van der Waals surface area contributed by atoms with Gasteiger partial charge in [-0.05, 0) is 40.6 Å². The van der Waals surface area contributed by atoms with Gasteiger partial charge in [0.2, 0.25) is 5.88 Å². The molecular formula is C24H19Cl2F3N4O3S. The van der Waals surface area contributed by atoms with Gasteiger partial charge in [-0.2, -0.15) is 18.2 Å². The maximum atomic E-state index is 13.9. The number of nitrogens with zero attached hydrogens (tertiary/aromatic N) is 4. The summed E-state index contributed by atoms with van der Waals surface area (Å²) in [5, 5.41) is 29.8. The fraction of sp³-hybridized carbons (Fsp3) is 0.292. The average Bonchev–Trinajstić information content (AvgIpc) is 3.45. The molecule has 2 aromatic carbocycles. The molecule has 2 aliphatic heterocycles. The van der Waals surface area contributed by atoms with Crippen molar-refractivity contribution in [3.63, 3.8) is 0 Å². The molecule has 0 bridgehead atoms. The number of fused-ring (bicyclic) bond motifs is 1. The number of alkyl halides is 3. The molecule has 0 saturated carbocycles. The second-order valence-electron chi connectivity index (χ2n) is 8.45. The first-order valence-corrected chi connectivity index (χ1v) is 12.7.